The third-order valence-electron chi connectivity index (χ3n) is 3.51. The van der Waals surface area contributed by atoms with E-state index in [4.69, 9.17) is 22.1 Å². The Labute approximate surface area is 139 Å². The van der Waals surface area contributed by atoms with Crippen molar-refractivity contribution in [3.63, 3.8) is 0 Å². The van der Waals surface area contributed by atoms with E-state index in [1.54, 1.807) is 6.92 Å². The van der Waals surface area contributed by atoms with Crippen LogP contribution in [-0.2, 0) is 14.6 Å². The number of amides is 2. The first-order valence-corrected chi connectivity index (χ1v) is 9.04. The molecule has 0 spiro atoms. The van der Waals surface area contributed by atoms with Crippen LogP contribution in [-0.4, -0.2) is 43.9 Å². The van der Waals surface area contributed by atoms with Crippen LogP contribution < -0.4 is 15.8 Å². The van der Waals surface area contributed by atoms with Crippen LogP contribution in [0.1, 0.15) is 23.7 Å². The fourth-order valence-corrected chi connectivity index (χ4v) is 4.71. The maximum Gasteiger partial charge on any atom is 0.258 e. The molecule has 0 saturated carbocycles. The smallest absolute Gasteiger partial charge is 0.258 e. The summed E-state index contributed by atoms with van der Waals surface area (Å²) in [6, 6.07) is 4.30. The summed E-state index contributed by atoms with van der Waals surface area (Å²) in [6.45, 7) is 1.31. The highest BCUT2D eigenvalue weighted by Gasteiger charge is 2.39. The third kappa shape index (κ3) is 4.59. The normalized spacial score (nSPS) is 22.5. The van der Waals surface area contributed by atoms with Gasteiger partial charge in [0.15, 0.2) is 16.4 Å². The monoisotopic (exact) mass is 360 g/mol. The van der Waals surface area contributed by atoms with Gasteiger partial charge in [-0.15, -0.1) is 0 Å². The van der Waals surface area contributed by atoms with Crippen LogP contribution in [0.3, 0.4) is 0 Å². The number of sulfone groups is 1. The molecule has 2 amide bonds. The molecule has 1 aliphatic rings. The molecule has 1 aromatic rings. The van der Waals surface area contributed by atoms with Crippen molar-refractivity contribution in [2.45, 2.75) is 18.9 Å². The topological polar surface area (TPSA) is 116 Å². The van der Waals surface area contributed by atoms with Crippen LogP contribution in [0.25, 0.3) is 0 Å². The molecule has 1 saturated heterocycles. The quantitative estimate of drug-likeness (QED) is 0.793. The number of rotatable bonds is 5. The molecule has 2 rings (SSSR count). The number of benzene rings is 1. The second kappa shape index (κ2) is 6.37. The van der Waals surface area contributed by atoms with Crippen LogP contribution in [0.4, 0.5) is 0 Å². The fraction of sp³-hybridized carbons (Fsp3) is 0.429. The molecule has 1 aromatic carbocycles. The maximum atomic E-state index is 12.0. The minimum Gasteiger partial charge on any atom is -0.483 e. The number of primary amides is 1. The molecule has 1 aliphatic heterocycles. The molecule has 7 nitrogen and oxygen atoms in total. The molecular weight excluding hydrogens is 344 g/mol. The van der Waals surface area contributed by atoms with E-state index in [-0.39, 0.29) is 29.4 Å². The van der Waals surface area contributed by atoms with Gasteiger partial charge in [-0.2, -0.15) is 0 Å². The third-order valence-corrected chi connectivity index (χ3v) is 5.65. The molecular formula is C14H17ClN2O5S. The lowest BCUT2D eigenvalue weighted by Gasteiger charge is -2.23. The zero-order valence-electron chi connectivity index (χ0n) is 12.5. The van der Waals surface area contributed by atoms with Crippen molar-refractivity contribution in [3.8, 4) is 5.75 Å². The van der Waals surface area contributed by atoms with E-state index in [1.807, 2.05) is 0 Å². The first kappa shape index (κ1) is 17.6. The summed E-state index contributed by atoms with van der Waals surface area (Å²) >= 11 is 5.78. The SMILES string of the molecule is C[C@@]1(NC(=O)COc2ccc(Cl)cc2C(N)=O)CCS(=O)(=O)C1. The van der Waals surface area contributed by atoms with Crippen LogP contribution in [0.2, 0.25) is 5.02 Å². The molecule has 1 heterocycles. The first-order chi connectivity index (χ1) is 10.6. The second-order valence-corrected chi connectivity index (χ2v) is 8.36. The van der Waals surface area contributed by atoms with Crippen molar-refractivity contribution in [2.75, 3.05) is 18.1 Å². The molecule has 0 aromatic heterocycles. The van der Waals surface area contributed by atoms with Gasteiger partial charge in [0.1, 0.15) is 5.75 Å². The van der Waals surface area contributed by atoms with Gasteiger partial charge in [0.05, 0.1) is 22.6 Å². The van der Waals surface area contributed by atoms with Crippen molar-refractivity contribution in [1.29, 1.82) is 0 Å². The number of hydrogen-bond donors (Lipinski definition) is 2. The minimum atomic E-state index is -3.12. The van der Waals surface area contributed by atoms with Gasteiger partial charge in [-0.3, -0.25) is 9.59 Å². The van der Waals surface area contributed by atoms with Crippen LogP contribution in [0.5, 0.6) is 5.75 Å². The summed E-state index contributed by atoms with van der Waals surface area (Å²) < 4.78 is 28.3. The maximum absolute atomic E-state index is 12.0. The van der Waals surface area contributed by atoms with Crippen LogP contribution >= 0.6 is 11.6 Å². The molecule has 23 heavy (non-hydrogen) atoms. The Hall–Kier alpha value is -1.80. The van der Waals surface area contributed by atoms with Gasteiger partial charge in [-0.1, -0.05) is 11.6 Å². The average Bonchev–Trinajstić information content (AvgIpc) is 2.70. The predicted octanol–water partition coefficient (Wildman–Crippen LogP) is 0.511. The van der Waals surface area contributed by atoms with E-state index in [1.165, 1.54) is 18.2 Å². The first-order valence-electron chi connectivity index (χ1n) is 6.84. The number of halogens is 1. The van der Waals surface area contributed by atoms with Gasteiger partial charge in [0, 0.05) is 5.02 Å². The van der Waals surface area contributed by atoms with E-state index in [9.17, 15) is 18.0 Å². The Morgan fingerprint density at radius 1 is 1.43 bits per heavy atom. The molecule has 1 fully saturated rings. The van der Waals surface area contributed by atoms with Crippen molar-refractivity contribution < 1.29 is 22.7 Å². The Morgan fingerprint density at radius 3 is 2.70 bits per heavy atom. The van der Waals surface area contributed by atoms with E-state index >= 15 is 0 Å². The van der Waals surface area contributed by atoms with E-state index in [0.29, 0.717) is 11.4 Å². The van der Waals surface area contributed by atoms with Crippen molar-refractivity contribution in [1.82, 2.24) is 5.32 Å². The van der Waals surface area contributed by atoms with E-state index in [0.717, 1.165) is 0 Å². The van der Waals surface area contributed by atoms with Crippen molar-refractivity contribution in [3.05, 3.63) is 28.8 Å². The summed E-state index contributed by atoms with van der Waals surface area (Å²) in [6.07, 6.45) is 0.356. The van der Waals surface area contributed by atoms with Gasteiger partial charge in [-0.05, 0) is 31.5 Å². The summed E-state index contributed by atoms with van der Waals surface area (Å²) in [5, 5.41) is 2.97. The summed E-state index contributed by atoms with van der Waals surface area (Å²) in [5.41, 5.74) is 4.50. The van der Waals surface area contributed by atoms with Gasteiger partial charge < -0.3 is 15.8 Å². The van der Waals surface area contributed by atoms with Gasteiger partial charge in [-0.25, -0.2) is 8.42 Å². The number of nitrogens with two attached hydrogens (primary N) is 1. The van der Waals surface area contributed by atoms with E-state index < -0.39 is 27.2 Å². The molecule has 0 bridgehead atoms. The van der Waals surface area contributed by atoms with Crippen molar-refractivity contribution >= 4 is 33.3 Å². The minimum absolute atomic E-state index is 0.0493. The number of carbonyl (C=O) groups is 2. The lowest BCUT2D eigenvalue weighted by atomic mass is 10.0. The van der Waals surface area contributed by atoms with E-state index in [2.05, 4.69) is 5.32 Å². The lowest BCUT2D eigenvalue weighted by molar-refractivity contribution is -0.124. The highest BCUT2D eigenvalue weighted by molar-refractivity contribution is 7.91. The fourth-order valence-electron chi connectivity index (χ4n) is 2.45. The Kier molecular flexibility index (Phi) is 4.86. The Balaban J connectivity index is 1.99. The molecule has 1 atom stereocenters. The summed E-state index contributed by atoms with van der Waals surface area (Å²) in [5.74, 6) is -1.11. The molecule has 126 valence electrons. The number of ether oxygens (including phenoxy) is 1. The molecule has 0 aliphatic carbocycles. The number of hydrogen-bond acceptors (Lipinski definition) is 5. The van der Waals surface area contributed by atoms with Crippen molar-refractivity contribution in [2.24, 2.45) is 5.73 Å². The standard InChI is InChI=1S/C14H17ClN2O5S/c1-14(4-5-23(20,21)8-14)17-12(18)7-22-11-3-2-9(15)6-10(11)13(16)19/h2-3,6H,4-5,7-8H2,1H3,(H2,16,19)(H,17,18)/t14-/m1/s1. The number of nitrogens with one attached hydrogen (secondary N) is 1. The second-order valence-electron chi connectivity index (χ2n) is 5.74. The largest absolute Gasteiger partial charge is 0.483 e. The molecule has 9 heteroatoms. The summed E-state index contributed by atoms with van der Waals surface area (Å²) in [4.78, 5) is 23.3. The highest BCUT2D eigenvalue weighted by Crippen LogP contribution is 2.24. The molecule has 3 N–H and O–H groups in total. The van der Waals surface area contributed by atoms with Gasteiger partial charge in [0.2, 0.25) is 0 Å². The van der Waals surface area contributed by atoms with Crippen LogP contribution in [0.15, 0.2) is 18.2 Å². The lowest BCUT2D eigenvalue weighted by Crippen LogP contribution is -2.48. The van der Waals surface area contributed by atoms with Gasteiger partial charge >= 0.3 is 0 Å². The zero-order valence-corrected chi connectivity index (χ0v) is 14.0. The Morgan fingerprint density at radius 2 is 2.13 bits per heavy atom. The average molecular weight is 361 g/mol. The van der Waals surface area contributed by atoms with Crippen LogP contribution in [0, 0.1) is 0 Å². The van der Waals surface area contributed by atoms with Gasteiger partial charge in [0.25, 0.3) is 11.8 Å². The summed E-state index contributed by atoms with van der Waals surface area (Å²) in [7, 11) is -3.12. The highest BCUT2D eigenvalue weighted by atomic mass is 35.5. The molecule has 0 radical (unpaired) electrons. The predicted molar refractivity (Wildman–Crippen MR) is 85.3 cm³/mol. The zero-order chi connectivity index (χ0) is 17.3. The molecule has 0 unspecified atom stereocenters. The number of carbonyl (C=O) groups excluding carboxylic acids is 2. The Bertz CT molecular complexity index is 750.